The number of hydrogen-bond donors (Lipinski definition) is 1. The van der Waals surface area contributed by atoms with E-state index in [1.54, 1.807) is 0 Å². The minimum Gasteiger partial charge on any atom is -0.394 e. The van der Waals surface area contributed by atoms with Crippen molar-refractivity contribution >= 4 is 16.6 Å². The molecule has 0 saturated carbocycles. The first kappa shape index (κ1) is 9.84. The van der Waals surface area contributed by atoms with E-state index in [0.29, 0.717) is 11.4 Å². The van der Waals surface area contributed by atoms with Crippen molar-refractivity contribution < 1.29 is 4.52 Å². The Hall–Kier alpha value is -2.36. The molecule has 0 atom stereocenters. The predicted molar refractivity (Wildman–Crippen MR) is 66.4 cm³/mol. The Kier molecular flexibility index (Phi) is 2.08. The van der Waals surface area contributed by atoms with E-state index in [0.717, 1.165) is 22.2 Å². The summed E-state index contributed by atoms with van der Waals surface area (Å²) in [5, 5.41) is 4.74. The minimum absolute atomic E-state index is 0.546. The molecule has 4 nitrogen and oxygen atoms in total. The van der Waals surface area contributed by atoms with Gasteiger partial charge < -0.3 is 10.3 Å². The molecule has 0 aliphatic heterocycles. The number of rotatable bonds is 1. The number of nitrogens with zero attached hydrogens (tertiary/aromatic N) is 2. The van der Waals surface area contributed by atoms with Crippen LogP contribution >= 0.6 is 0 Å². The molecular formula is C13H11N3O. The number of hydrogen-bond acceptors (Lipinski definition) is 4. The molecule has 0 fully saturated rings. The second-order valence-corrected chi connectivity index (χ2v) is 3.97. The van der Waals surface area contributed by atoms with Gasteiger partial charge in [0.25, 0.3) is 0 Å². The maximum Gasteiger partial charge on any atom is 0.189 e. The summed E-state index contributed by atoms with van der Waals surface area (Å²) >= 11 is 0. The van der Waals surface area contributed by atoms with Crippen LogP contribution in [0.15, 0.2) is 41.1 Å². The van der Waals surface area contributed by atoms with Crippen LogP contribution in [0.2, 0.25) is 0 Å². The fraction of sp³-hybridized carbons (Fsp3) is 0.0769. The summed E-state index contributed by atoms with van der Waals surface area (Å²) in [4.78, 5) is 4.44. The number of nitrogen functional groups attached to an aromatic ring is 1. The van der Waals surface area contributed by atoms with Crippen molar-refractivity contribution in [1.82, 2.24) is 10.1 Å². The molecule has 0 amide bonds. The molecule has 17 heavy (non-hydrogen) atoms. The fourth-order valence-corrected chi connectivity index (χ4v) is 1.84. The van der Waals surface area contributed by atoms with Crippen LogP contribution in [-0.2, 0) is 0 Å². The number of anilines is 1. The van der Waals surface area contributed by atoms with Crippen molar-refractivity contribution in [3.05, 3.63) is 42.2 Å². The Bertz CT molecular complexity index is 688. The highest BCUT2D eigenvalue weighted by atomic mass is 16.5. The van der Waals surface area contributed by atoms with Crippen LogP contribution in [0.3, 0.4) is 0 Å². The molecule has 2 N–H and O–H groups in total. The van der Waals surface area contributed by atoms with Crippen LogP contribution in [0.1, 0.15) is 5.69 Å². The molecule has 84 valence electrons. The van der Waals surface area contributed by atoms with Crippen molar-refractivity contribution in [1.29, 1.82) is 0 Å². The Balaban J connectivity index is 2.20. The second kappa shape index (κ2) is 3.59. The summed E-state index contributed by atoms with van der Waals surface area (Å²) in [6.07, 6.45) is 1.51. The molecular weight excluding hydrogens is 214 g/mol. The predicted octanol–water partition coefficient (Wildman–Crippen LogP) is 2.78. The first-order chi connectivity index (χ1) is 8.24. The minimum atomic E-state index is 0.546. The van der Waals surface area contributed by atoms with Gasteiger partial charge in [0.15, 0.2) is 5.76 Å². The molecule has 0 aliphatic rings. The number of aromatic nitrogens is 2. The molecule has 0 unspecified atom stereocenters. The van der Waals surface area contributed by atoms with E-state index in [2.05, 4.69) is 10.1 Å². The molecule has 0 spiro atoms. The van der Waals surface area contributed by atoms with Crippen molar-refractivity contribution in [2.75, 3.05) is 5.73 Å². The number of aryl methyl sites for hydroxylation is 1. The zero-order valence-corrected chi connectivity index (χ0v) is 9.34. The van der Waals surface area contributed by atoms with E-state index < -0.39 is 0 Å². The Labute approximate surface area is 98.1 Å². The van der Waals surface area contributed by atoms with Gasteiger partial charge >= 0.3 is 0 Å². The van der Waals surface area contributed by atoms with Crippen molar-refractivity contribution in [3.8, 4) is 11.3 Å². The van der Waals surface area contributed by atoms with Gasteiger partial charge in [-0.2, -0.15) is 0 Å². The van der Waals surface area contributed by atoms with Crippen LogP contribution in [0.25, 0.3) is 22.2 Å². The first-order valence-electron chi connectivity index (χ1n) is 5.32. The number of benzene rings is 1. The standard InChI is InChI=1S/C13H11N3O/c1-8-2-3-9-6-10(4-5-12(9)16-8)13-11(14)7-15-17-13/h2-7H,14H2,1H3. The summed E-state index contributed by atoms with van der Waals surface area (Å²) in [6.45, 7) is 1.97. The summed E-state index contributed by atoms with van der Waals surface area (Å²) in [6, 6.07) is 9.91. The van der Waals surface area contributed by atoms with E-state index in [-0.39, 0.29) is 0 Å². The lowest BCUT2D eigenvalue weighted by Crippen LogP contribution is -1.86. The van der Waals surface area contributed by atoms with Crippen LogP contribution in [-0.4, -0.2) is 10.1 Å². The topological polar surface area (TPSA) is 64.9 Å². The quantitative estimate of drug-likeness (QED) is 0.691. The molecule has 0 radical (unpaired) electrons. The molecule has 0 saturated heterocycles. The van der Waals surface area contributed by atoms with Gasteiger partial charge in [-0.05, 0) is 31.2 Å². The molecule has 2 heterocycles. The fourth-order valence-electron chi connectivity index (χ4n) is 1.84. The van der Waals surface area contributed by atoms with Gasteiger partial charge in [-0.15, -0.1) is 0 Å². The monoisotopic (exact) mass is 225 g/mol. The van der Waals surface area contributed by atoms with Crippen LogP contribution in [0.4, 0.5) is 5.69 Å². The maximum absolute atomic E-state index is 5.77. The Morgan fingerprint density at radius 3 is 2.82 bits per heavy atom. The van der Waals surface area contributed by atoms with Gasteiger partial charge in [-0.1, -0.05) is 11.2 Å². The molecule has 2 aromatic heterocycles. The molecule has 3 rings (SSSR count). The Morgan fingerprint density at radius 1 is 1.18 bits per heavy atom. The zero-order chi connectivity index (χ0) is 11.8. The van der Waals surface area contributed by atoms with Gasteiger partial charge in [-0.25, -0.2) is 0 Å². The van der Waals surface area contributed by atoms with E-state index >= 15 is 0 Å². The van der Waals surface area contributed by atoms with Crippen molar-refractivity contribution in [2.45, 2.75) is 6.92 Å². The summed E-state index contributed by atoms with van der Waals surface area (Å²) in [5.41, 5.74) is 9.20. The molecule has 3 aromatic rings. The van der Waals surface area contributed by atoms with Gasteiger partial charge in [0, 0.05) is 16.6 Å². The SMILES string of the molecule is Cc1ccc2cc(-c3oncc3N)ccc2n1. The molecule has 1 aromatic carbocycles. The molecule has 4 heteroatoms. The highest BCUT2D eigenvalue weighted by Crippen LogP contribution is 2.27. The number of pyridine rings is 1. The lowest BCUT2D eigenvalue weighted by Gasteiger charge is -2.01. The summed E-state index contributed by atoms with van der Waals surface area (Å²) in [5.74, 6) is 0.604. The van der Waals surface area contributed by atoms with Gasteiger partial charge in [0.1, 0.15) is 5.69 Å². The smallest absolute Gasteiger partial charge is 0.189 e. The first-order valence-corrected chi connectivity index (χ1v) is 5.32. The maximum atomic E-state index is 5.77. The number of nitrogens with two attached hydrogens (primary N) is 1. The van der Waals surface area contributed by atoms with Crippen molar-refractivity contribution in [2.24, 2.45) is 0 Å². The van der Waals surface area contributed by atoms with Gasteiger partial charge in [0.05, 0.1) is 11.7 Å². The largest absolute Gasteiger partial charge is 0.394 e. The third kappa shape index (κ3) is 1.63. The van der Waals surface area contributed by atoms with Crippen molar-refractivity contribution in [3.63, 3.8) is 0 Å². The lowest BCUT2D eigenvalue weighted by molar-refractivity contribution is 0.432. The van der Waals surface area contributed by atoms with Crippen LogP contribution in [0, 0.1) is 6.92 Å². The molecule has 0 aliphatic carbocycles. The number of fused-ring (bicyclic) bond motifs is 1. The second-order valence-electron chi connectivity index (χ2n) is 3.97. The van der Waals surface area contributed by atoms with E-state index in [1.165, 1.54) is 6.20 Å². The highest BCUT2D eigenvalue weighted by molar-refractivity contribution is 5.85. The zero-order valence-electron chi connectivity index (χ0n) is 9.34. The highest BCUT2D eigenvalue weighted by Gasteiger charge is 2.08. The normalized spacial score (nSPS) is 10.9. The van der Waals surface area contributed by atoms with Crippen LogP contribution < -0.4 is 5.73 Å². The average molecular weight is 225 g/mol. The summed E-state index contributed by atoms with van der Waals surface area (Å²) < 4.78 is 5.13. The third-order valence-electron chi connectivity index (χ3n) is 2.69. The van der Waals surface area contributed by atoms with Gasteiger partial charge in [0.2, 0.25) is 0 Å². The van der Waals surface area contributed by atoms with E-state index in [4.69, 9.17) is 10.3 Å². The van der Waals surface area contributed by atoms with Gasteiger partial charge in [-0.3, -0.25) is 4.98 Å². The summed E-state index contributed by atoms with van der Waals surface area (Å²) in [7, 11) is 0. The third-order valence-corrected chi connectivity index (χ3v) is 2.69. The molecule has 0 bridgehead atoms. The van der Waals surface area contributed by atoms with E-state index in [1.807, 2.05) is 37.3 Å². The van der Waals surface area contributed by atoms with E-state index in [9.17, 15) is 0 Å². The Morgan fingerprint density at radius 2 is 2.06 bits per heavy atom. The lowest BCUT2D eigenvalue weighted by atomic mass is 10.1. The van der Waals surface area contributed by atoms with Crippen LogP contribution in [0.5, 0.6) is 0 Å². The average Bonchev–Trinajstić information content (AvgIpc) is 2.75.